The van der Waals surface area contributed by atoms with Crippen LogP contribution in [0.25, 0.3) is 0 Å². The van der Waals surface area contributed by atoms with Gasteiger partial charge in [0.2, 0.25) is 5.91 Å². The average molecular weight is 229 g/mol. The minimum absolute atomic E-state index is 0.0921. The van der Waals surface area contributed by atoms with Crippen LogP contribution in [0, 0.1) is 5.92 Å². The highest BCUT2D eigenvalue weighted by Crippen LogP contribution is 2.10. The molecule has 1 atom stereocenters. The number of anilines is 1. The lowest BCUT2D eigenvalue weighted by molar-refractivity contribution is -0.131. The summed E-state index contributed by atoms with van der Waals surface area (Å²) >= 11 is 1.32. The SMILES string of the molecule is CC(C)[C@H](O)C(=O)NCc1csc(N)n1. The number of nitrogens with zero attached hydrogens (tertiary/aromatic N) is 1. The first-order valence-corrected chi connectivity index (χ1v) is 5.54. The molecule has 0 aromatic carbocycles. The van der Waals surface area contributed by atoms with E-state index in [1.807, 2.05) is 0 Å². The standard InChI is InChI=1S/C9H15N3O2S/c1-5(2)7(13)8(14)11-3-6-4-15-9(10)12-6/h4-5,7,13H,3H2,1-2H3,(H2,10,12)(H,11,14)/t7-/m0/s1. The van der Waals surface area contributed by atoms with Crippen LogP contribution in [0.15, 0.2) is 5.38 Å². The summed E-state index contributed by atoms with van der Waals surface area (Å²) in [5, 5.41) is 14.3. The lowest BCUT2D eigenvalue weighted by Crippen LogP contribution is -2.37. The Balaban J connectivity index is 2.40. The summed E-state index contributed by atoms with van der Waals surface area (Å²) in [5.74, 6) is -0.470. The molecule has 15 heavy (non-hydrogen) atoms. The Kier molecular flexibility index (Phi) is 4.05. The Hall–Kier alpha value is -1.14. The topological polar surface area (TPSA) is 88.2 Å². The molecule has 0 aliphatic carbocycles. The fourth-order valence-corrected chi connectivity index (χ4v) is 1.55. The minimum atomic E-state index is -0.971. The monoisotopic (exact) mass is 229 g/mol. The van der Waals surface area contributed by atoms with Gasteiger partial charge in [0.25, 0.3) is 0 Å². The van der Waals surface area contributed by atoms with Gasteiger partial charge in [0.05, 0.1) is 12.2 Å². The number of thiazole rings is 1. The fourth-order valence-electron chi connectivity index (χ4n) is 0.989. The van der Waals surface area contributed by atoms with Gasteiger partial charge in [-0.1, -0.05) is 13.8 Å². The molecule has 0 fully saturated rings. The van der Waals surface area contributed by atoms with Gasteiger partial charge < -0.3 is 16.2 Å². The van der Waals surface area contributed by atoms with Crippen molar-refractivity contribution in [3.8, 4) is 0 Å². The quantitative estimate of drug-likeness (QED) is 0.695. The first-order valence-electron chi connectivity index (χ1n) is 4.66. The van der Waals surface area contributed by atoms with E-state index in [4.69, 9.17) is 5.73 Å². The highest BCUT2D eigenvalue weighted by molar-refractivity contribution is 7.13. The van der Waals surface area contributed by atoms with Crippen LogP contribution in [0.3, 0.4) is 0 Å². The number of aromatic nitrogens is 1. The zero-order chi connectivity index (χ0) is 11.4. The van der Waals surface area contributed by atoms with Crippen molar-refractivity contribution >= 4 is 22.4 Å². The molecule has 1 heterocycles. The third-order valence-electron chi connectivity index (χ3n) is 1.91. The molecule has 84 valence electrons. The Morgan fingerprint density at radius 1 is 1.73 bits per heavy atom. The number of aliphatic hydroxyl groups is 1. The second-order valence-corrected chi connectivity index (χ2v) is 4.47. The van der Waals surface area contributed by atoms with Gasteiger partial charge in [-0.3, -0.25) is 4.79 Å². The van der Waals surface area contributed by atoms with Gasteiger partial charge >= 0.3 is 0 Å². The summed E-state index contributed by atoms with van der Waals surface area (Å²) in [6.07, 6.45) is -0.971. The normalized spacial score (nSPS) is 12.8. The Labute approximate surface area is 92.3 Å². The number of aliphatic hydroxyl groups excluding tert-OH is 1. The summed E-state index contributed by atoms with van der Waals surface area (Å²) in [7, 11) is 0. The van der Waals surface area contributed by atoms with Crippen LogP contribution in [-0.4, -0.2) is 22.1 Å². The number of nitrogens with one attached hydrogen (secondary N) is 1. The second kappa shape index (κ2) is 5.09. The molecular weight excluding hydrogens is 214 g/mol. The molecule has 4 N–H and O–H groups in total. The van der Waals surface area contributed by atoms with E-state index in [0.29, 0.717) is 17.4 Å². The van der Waals surface area contributed by atoms with E-state index in [-0.39, 0.29) is 11.8 Å². The van der Waals surface area contributed by atoms with Crippen LogP contribution in [0.5, 0.6) is 0 Å². The van der Waals surface area contributed by atoms with Gasteiger partial charge in [-0.15, -0.1) is 11.3 Å². The van der Waals surface area contributed by atoms with E-state index in [0.717, 1.165) is 0 Å². The number of nitrogen functional groups attached to an aromatic ring is 1. The molecule has 0 saturated heterocycles. The van der Waals surface area contributed by atoms with Crippen molar-refractivity contribution in [1.29, 1.82) is 0 Å². The number of rotatable bonds is 4. The van der Waals surface area contributed by atoms with Gasteiger partial charge in [-0.05, 0) is 5.92 Å². The van der Waals surface area contributed by atoms with Crippen molar-refractivity contribution in [2.45, 2.75) is 26.5 Å². The third kappa shape index (κ3) is 3.49. The Bertz CT molecular complexity index is 338. The lowest BCUT2D eigenvalue weighted by atomic mass is 10.1. The predicted octanol–water partition coefficient (Wildman–Crippen LogP) is 0.358. The lowest BCUT2D eigenvalue weighted by Gasteiger charge is -2.13. The van der Waals surface area contributed by atoms with Gasteiger partial charge in [-0.2, -0.15) is 0 Å². The fraction of sp³-hybridized carbons (Fsp3) is 0.556. The van der Waals surface area contributed by atoms with Crippen LogP contribution >= 0.6 is 11.3 Å². The number of carbonyl (C=O) groups is 1. The summed E-state index contributed by atoms with van der Waals surface area (Å²) in [4.78, 5) is 15.3. The van der Waals surface area contributed by atoms with Crippen LogP contribution in [0.4, 0.5) is 5.13 Å². The largest absolute Gasteiger partial charge is 0.383 e. The van der Waals surface area contributed by atoms with Crippen LogP contribution in [0.2, 0.25) is 0 Å². The summed E-state index contributed by atoms with van der Waals surface area (Å²) in [6.45, 7) is 3.87. The maximum absolute atomic E-state index is 11.3. The minimum Gasteiger partial charge on any atom is -0.383 e. The van der Waals surface area contributed by atoms with E-state index < -0.39 is 6.10 Å². The molecule has 1 aromatic heterocycles. The van der Waals surface area contributed by atoms with E-state index in [1.165, 1.54) is 11.3 Å². The van der Waals surface area contributed by atoms with Crippen molar-refractivity contribution in [3.63, 3.8) is 0 Å². The van der Waals surface area contributed by atoms with Crippen LogP contribution in [-0.2, 0) is 11.3 Å². The molecule has 0 aliphatic rings. The molecule has 0 unspecified atom stereocenters. The van der Waals surface area contributed by atoms with E-state index in [9.17, 15) is 9.90 Å². The van der Waals surface area contributed by atoms with E-state index >= 15 is 0 Å². The summed E-state index contributed by atoms with van der Waals surface area (Å²) < 4.78 is 0. The molecule has 5 nitrogen and oxygen atoms in total. The zero-order valence-electron chi connectivity index (χ0n) is 8.73. The van der Waals surface area contributed by atoms with Crippen molar-refractivity contribution in [2.24, 2.45) is 5.92 Å². The Morgan fingerprint density at radius 2 is 2.40 bits per heavy atom. The summed E-state index contributed by atoms with van der Waals surface area (Å²) in [6, 6.07) is 0. The van der Waals surface area contributed by atoms with Crippen LogP contribution < -0.4 is 11.1 Å². The van der Waals surface area contributed by atoms with Crippen LogP contribution in [0.1, 0.15) is 19.5 Å². The zero-order valence-corrected chi connectivity index (χ0v) is 9.54. The highest BCUT2D eigenvalue weighted by atomic mass is 32.1. The van der Waals surface area contributed by atoms with Gasteiger partial charge in [0, 0.05) is 5.38 Å². The second-order valence-electron chi connectivity index (χ2n) is 3.58. The number of amides is 1. The number of nitrogens with two attached hydrogens (primary N) is 1. The van der Waals surface area contributed by atoms with E-state index in [2.05, 4.69) is 10.3 Å². The van der Waals surface area contributed by atoms with E-state index in [1.54, 1.807) is 19.2 Å². The predicted molar refractivity (Wildman–Crippen MR) is 59.2 cm³/mol. The molecule has 6 heteroatoms. The molecule has 1 amide bonds. The van der Waals surface area contributed by atoms with Crippen molar-refractivity contribution in [1.82, 2.24) is 10.3 Å². The van der Waals surface area contributed by atoms with Crippen molar-refractivity contribution < 1.29 is 9.90 Å². The molecule has 0 radical (unpaired) electrons. The number of carbonyl (C=O) groups excluding carboxylic acids is 1. The molecular formula is C9H15N3O2S. The van der Waals surface area contributed by atoms with Gasteiger partial charge in [0.15, 0.2) is 5.13 Å². The van der Waals surface area contributed by atoms with Gasteiger partial charge in [0.1, 0.15) is 6.10 Å². The molecule has 1 aromatic rings. The maximum Gasteiger partial charge on any atom is 0.249 e. The smallest absolute Gasteiger partial charge is 0.249 e. The molecule has 0 saturated carbocycles. The average Bonchev–Trinajstić information content (AvgIpc) is 2.59. The highest BCUT2D eigenvalue weighted by Gasteiger charge is 2.18. The third-order valence-corrected chi connectivity index (χ3v) is 2.64. The molecule has 0 bridgehead atoms. The number of hydrogen-bond acceptors (Lipinski definition) is 5. The first kappa shape index (κ1) is 11.9. The summed E-state index contributed by atoms with van der Waals surface area (Å²) in [5.41, 5.74) is 6.15. The Morgan fingerprint density at radius 3 is 2.87 bits per heavy atom. The molecule has 1 rings (SSSR count). The van der Waals surface area contributed by atoms with Crippen molar-refractivity contribution in [3.05, 3.63) is 11.1 Å². The molecule has 0 aliphatic heterocycles. The maximum atomic E-state index is 11.3. The van der Waals surface area contributed by atoms with Crippen molar-refractivity contribution in [2.75, 3.05) is 5.73 Å². The first-order chi connectivity index (χ1) is 7.00. The number of hydrogen-bond donors (Lipinski definition) is 3. The molecule has 0 spiro atoms. The van der Waals surface area contributed by atoms with Gasteiger partial charge in [-0.25, -0.2) is 4.98 Å².